The molecule has 6 heteroatoms. The van der Waals surface area contributed by atoms with Crippen molar-refractivity contribution in [2.75, 3.05) is 0 Å². The van der Waals surface area contributed by atoms with E-state index < -0.39 is 10.0 Å². The van der Waals surface area contributed by atoms with E-state index in [1.807, 2.05) is 57.3 Å². The van der Waals surface area contributed by atoms with E-state index in [-0.39, 0.29) is 6.54 Å². The van der Waals surface area contributed by atoms with E-state index in [0.29, 0.717) is 11.4 Å². The Morgan fingerprint density at radius 3 is 2.46 bits per heavy atom. The number of aryl methyl sites for hydroxylation is 3. The molecule has 0 bridgehead atoms. The highest BCUT2D eigenvalue weighted by atomic mass is 32.2. The quantitative estimate of drug-likeness (QED) is 0.725. The van der Waals surface area contributed by atoms with E-state index in [2.05, 4.69) is 14.3 Å². The van der Waals surface area contributed by atoms with Gasteiger partial charge in [-0.15, -0.1) is 0 Å². The molecule has 0 atom stereocenters. The van der Waals surface area contributed by atoms with Gasteiger partial charge in [0, 0.05) is 25.5 Å². The van der Waals surface area contributed by atoms with Crippen LogP contribution in [0.5, 0.6) is 0 Å². The van der Waals surface area contributed by atoms with Gasteiger partial charge in [-0.05, 0) is 55.2 Å². The SMILES string of the molecule is Cc1ccc(S(=O)(=O)NCc2cccc(Cn3ccnc3C)c2)cc1C. The average molecular weight is 369 g/mol. The molecule has 0 amide bonds. The van der Waals surface area contributed by atoms with Crippen molar-refractivity contribution in [2.24, 2.45) is 0 Å². The summed E-state index contributed by atoms with van der Waals surface area (Å²) in [6.45, 7) is 6.81. The normalized spacial score (nSPS) is 11.7. The minimum absolute atomic E-state index is 0.256. The highest BCUT2D eigenvalue weighted by molar-refractivity contribution is 7.89. The lowest BCUT2D eigenvalue weighted by Crippen LogP contribution is -2.23. The van der Waals surface area contributed by atoms with Gasteiger partial charge in [0.2, 0.25) is 10.0 Å². The Kier molecular flexibility index (Phi) is 5.25. The number of benzene rings is 2. The molecule has 5 nitrogen and oxygen atoms in total. The number of hydrogen-bond acceptors (Lipinski definition) is 3. The number of hydrogen-bond donors (Lipinski definition) is 1. The Hall–Kier alpha value is -2.44. The molecular weight excluding hydrogens is 346 g/mol. The van der Waals surface area contributed by atoms with E-state index in [1.54, 1.807) is 18.3 Å². The van der Waals surface area contributed by atoms with Crippen LogP contribution >= 0.6 is 0 Å². The van der Waals surface area contributed by atoms with E-state index in [1.165, 1.54) is 0 Å². The van der Waals surface area contributed by atoms with Gasteiger partial charge in [0.05, 0.1) is 4.90 Å². The number of imidazole rings is 1. The van der Waals surface area contributed by atoms with Gasteiger partial charge in [0.1, 0.15) is 5.82 Å². The van der Waals surface area contributed by atoms with Crippen LogP contribution < -0.4 is 4.72 Å². The zero-order chi connectivity index (χ0) is 18.7. The van der Waals surface area contributed by atoms with Crippen molar-refractivity contribution in [1.82, 2.24) is 14.3 Å². The zero-order valence-electron chi connectivity index (χ0n) is 15.2. The second kappa shape index (κ2) is 7.43. The van der Waals surface area contributed by atoms with Gasteiger partial charge in [0.25, 0.3) is 0 Å². The summed E-state index contributed by atoms with van der Waals surface area (Å²) < 4.78 is 29.8. The van der Waals surface area contributed by atoms with Crippen molar-refractivity contribution in [1.29, 1.82) is 0 Å². The van der Waals surface area contributed by atoms with Gasteiger partial charge in [-0.3, -0.25) is 0 Å². The number of nitrogens with zero attached hydrogens (tertiary/aromatic N) is 2. The molecule has 0 unspecified atom stereocenters. The van der Waals surface area contributed by atoms with Crippen LogP contribution in [0.25, 0.3) is 0 Å². The molecule has 3 rings (SSSR count). The molecule has 0 radical (unpaired) electrons. The first-order valence-corrected chi connectivity index (χ1v) is 9.96. The van der Waals surface area contributed by atoms with Crippen molar-refractivity contribution in [3.05, 3.63) is 82.9 Å². The Morgan fingerprint density at radius 2 is 1.77 bits per heavy atom. The predicted molar refractivity (Wildman–Crippen MR) is 102 cm³/mol. The topological polar surface area (TPSA) is 64.0 Å². The van der Waals surface area contributed by atoms with Gasteiger partial charge < -0.3 is 4.57 Å². The highest BCUT2D eigenvalue weighted by Crippen LogP contribution is 2.15. The van der Waals surface area contributed by atoms with Crippen molar-refractivity contribution in [2.45, 2.75) is 38.8 Å². The lowest BCUT2D eigenvalue weighted by Gasteiger charge is -2.10. The fourth-order valence-corrected chi connectivity index (χ4v) is 3.85. The summed E-state index contributed by atoms with van der Waals surface area (Å²) in [4.78, 5) is 4.52. The largest absolute Gasteiger partial charge is 0.331 e. The fourth-order valence-electron chi connectivity index (χ4n) is 2.75. The van der Waals surface area contributed by atoms with Crippen LogP contribution in [0.4, 0.5) is 0 Å². The minimum Gasteiger partial charge on any atom is -0.331 e. The first-order chi connectivity index (χ1) is 12.3. The maximum absolute atomic E-state index is 12.5. The third kappa shape index (κ3) is 4.20. The molecule has 2 aromatic carbocycles. The Labute approximate surface area is 154 Å². The number of rotatable bonds is 6. The van der Waals surface area contributed by atoms with E-state index in [4.69, 9.17) is 0 Å². The molecule has 136 valence electrons. The van der Waals surface area contributed by atoms with Crippen LogP contribution in [-0.2, 0) is 23.1 Å². The van der Waals surface area contributed by atoms with Crippen molar-refractivity contribution >= 4 is 10.0 Å². The second-order valence-electron chi connectivity index (χ2n) is 6.49. The standard InChI is InChI=1S/C20H23N3O2S/c1-15-7-8-20(11-16(15)2)26(24,25)22-13-18-5-4-6-19(12-18)14-23-10-9-21-17(23)3/h4-12,22H,13-14H2,1-3H3. The highest BCUT2D eigenvalue weighted by Gasteiger charge is 2.14. The monoisotopic (exact) mass is 369 g/mol. The third-order valence-electron chi connectivity index (χ3n) is 4.52. The first-order valence-electron chi connectivity index (χ1n) is 8.47. The molecule has 1 aromatic heterocycles. The molecule has 0 saturated carbocycles. The Morgan fingerprint density at radius 1 is 1.00 bits per heavy atom. The van der Waals surface area contributed by atoms with Gasteiger partial charge in [0.15, 0.2) is 0 Å². The predicted octanol–water partition coefficient (Wildman–Crippen LogP) is 3.34. The van der Waals surface area contributed by atoms with Crippen LogP contribution in [0.3, 0.4) is 0 Å². The maximum atomic E-state index is 12.5. The summed E-state index contributed by atoms with van der Waals surface area (Å²) in [6.07, 6.45) is 3.71. The fraction of sp³-hybridized carbons (Fsp3) is 0.250. The van der Waals surface area contributed by atoms with Crippen LogP contribution in [0, 0.1) is 20.8 Å². The lowest BCUT2D eigenvalue weighted by atomic mass is 10.1. The third-order valence-corrected chi connectivity index (χ3v) is 5.92. The maximum Gasteiger partial charge on any atom is 0.240 e. The number of sulfonamides is 1. The van der Waals surface area contributed by atoms with Crippen molar-refractivity contribution < 1.29 is 8.42 Å². The van der Waals surface area contributed by atoms with Crippen LogP contribution in [0.1, 0.15) is 28.1 Å². The summed E-state index contributed by atoms with van der Waals surface area (Å²) in [6, 6.07) is 13.1. The first kappa shape index (κ1) is 18.4. The van der Waals surface area contributed by atoms with Crippen molar-refractivity contribution in [3.63, 3.8) is 0 Å². The summed E-state index contributed by atoms with van der Waals surface area (Å²) in [5, 5.41) is 0. The molecule has 0 aliphatic carbocycles. The minimum atomic E-state index is -3.53. The zero-order valence-corrected chi connectivity index (χ0v) is 16.0. The summed E-state index contributed by atoms with van der Waals surface area (Å²) in [7, 11) is -3.53. The summed E-state index contributed by atoms with van der Waals surface area (Å²) in [5.74, 6) is 0.950. The van der Waals surface area contributed by atoms with E-state index >= 15 is 0 Å². The molecule has 26 heavy (non-hydrogen) atoms. The average Bonchev–Trinajstić information content (AvgIpc) is 3.01. The van der Waals surface area contributed by atoms with Crippen LogP contribution in [-0.4, -0.2) is 18.0 Å². The molecule has 3 aromatic rings. The van der Waals surface area contributed by atoms with Gasteiger partial charge in [-0.2, -0.15) is 0 Å². The molecule has 0 aliphatic heterocycles. The van der Waals surface area contributed by atoms with Crippen LogP contribution in [0.15, 0.2) is 59.8 Å². The van der Waals surface area contributed by atoms with E-state index in [0.717, 1.165) is 28.1 Å². The molecule has 0 saturated heterocycles. The molecule has 0 fully saturated rings. The van der Waals surface area contributed by atoms with Crippen molar-refractivity contribution in [3.8, 4) is 0 Å². The molecular formula is C20H23N3O2S. The van der Waals surface area contributed by atoms with Gasteiger partial charge in [-0.25, -0.2) is 18.1 Å². The van der Waals surface area contributed by atoms with Gasteiger partial charge >= 0.3 is 0 Å². The molecule has 0 aliphatic rings. The second-order valence-corrected chi connectivity index (χ2v) is 8.26. The molecule has 0 spiro atoms. The molecule has 1 heterocycles. The Bertz CT molecular complexity index is 1020. The lowest BCUT2D eigenvalue weighted by molar-refractivity contribution is 0.581. The number of aromatic nitrogens is 2. The van der Waals surface area contributed by atoms with Crippen LogP contribution in [0.2, 0.25) is 0 Å². The number of nitrogens with one attached hydrogen (secondary N) is 1. The van der Waals surface area contributed by atoms with Gasteiger partial charge in [-0.1, -0.05) is 30.3 Å². The van der Waals surface area contributed by atoms with E-state index in [9.17, 15) is 8.42 Å². The smallest absolute Gasteiger partial charge is 0.240 e. The summed E-state index contributed by atoms with van der Waals surface area (Å²) in [5.41, 5.74) is 4.07. The molecule has 1 N–H and O–H groups in total. The Balaban J connectivity index is 1.72. The summed E-state index contributed by atoms with van der Waals surface area (Å²) >= 11 is 0.